The largest absolute Gasteiger partial charge is 0.331 e. The summed E-state index contributed by atoms with van der Waals surface area (Å²) in [7, 11) is 0. The maximum Gasteiger partial charge on any atom is 0.331 e. The summed E-state index contributed by atoms with van der Waals surface area (Å²) >= 11 is 4.90. The van der Waals surface area contributed by atoms with Gasteiger partial charge in [0.15, 0.2) is 0 Å². The summed E-state index contributed by atoms with van der Waals surface area (Å²) in [6.45, 7) is 11.0. The first-order chi connectivity index (χ1) is 9.24. The summed E-state index contributed by atoms with van der Waals surface area (Å²) in [4.78, 5) is 0. The molecule has 0 radical (unpaired) electrons. The molecule has 0 spiro atoms. The van der Waals surface area contributed by atoms with Gasteiger partial charge in [-0.25, -0.2) is 0 Å². The second kappa shape index (κ2) is 14.1. The van der Waals surface area contributed by atoms with Crippen LogP contribution in [0.5, 0.6) is 0 Å². The highest BCUT2D eigenvalue weighted by atomic mass is 32.8. The first-order valence-electron chi connectivity index (χ1n) is 7.16. The van der Waals surface area contributed by atoms with E-state index < -0.39 is 5.52 Å². The first kappa shape index (κ1) is 20.1. The molecule has 7 heteroatoms. The van der Waals surface area contributed by atoms with E-state index in [2.05, 4.69) is 27.7 Å². The molecule has 0 aromatic carbocycles. The molecule has 0 N–H and O–H groups in total. The molecule has 0 heterocycles. The van der Waals surface area contributed by atoms with Crippen LogP contribution in [-0.2, 0) is 12.5 Å². The lowest BCUT2D eigenvalue weighted by Crippen LogP contribution is -2.24. The van der Waals surface area contributed by atoms with E-state index in [0.717, 1.165) is 51.5 Å². The Labute approximate surface area is 131 Å². The van der Waals surface area contributed by atoms with Gasteiger partial charge in [0.2, 0.25) is 0 Å². The lowest BCUT2D eigenvalue weighted by Gasteiger charge is -2.25. The highest BCUT2D eigenvalue weighted by Crippen LogP contribution is 2.47. The molecule has 0 bridgehead atoms. The van der Waals surface area contributed by atoms with Crippen LogP contribution in [0.25, 0.3) is 0 Å². The van der Waals surface area contributed by atoms with Gasteiger partial charge in [-0.2, -0.15) is 0 Å². The average molecular weight is 345 g/mol. The van der Waals surface area contributed by atoms with E-state index in [1.54, 1.807) is 34.5 Å². The molecule has 0 aliphatic heterocycles. The van der Waals surface area contributed by atoms with Crippen molar-refractivity contribution in [1.29, 1.82) is 0 Å². The number of rotatable bonds is 14. The van der Waals surface area contributed by atoms with Crippen LogP contribution in [0.2, 0.25) is 6.04 Å². The lowest BCUT2D eigenvalue weighted by atomic mass is 10.5. The quantitative estimate of drug-likeness (QED) is 0.233. The van der Waals surface area contributed by atoms with Gasteiger partial charge >= 0.3 is 5.52 Å². The van der Waals surface area contributed by atoms with E-state index in [9.17, 15) is 0 Å². The SMILES string of the molecule is CCCOS[Si](CCC)(SOCCC)SOCCC. The normalized spacial score (nSPS) is 12.0. The van der Waals surface area contributed by atoms with E-state index >= 15 is 0 Å². The van der Waals surface area contributed by atoms with Crippen molar-refractivity contribution in [3.05, 3.63) is 0 Å². The summed E-state index contributed by atoms with van der Waals surface area (Å²) in [6, 6.07) is 1.13. The predicted molar refractivity (Wildman–Crippen MR) is 92.4 cm³/mol. The lowest BCUT2D eigenvalue weighted by molar-refractivity contribution is 0.372. The maximum absolute atomic E-state index is 5.74. The van der Waals surface area contributed by atoms with Crippen LogP contribution >= 0.6 is 34.5 Å². The smallest absolute Gasteiger partial charge is 0.320 e. The summed E-state index contributed by atoms with van der Waals surface area (Å²) in [5.74, 6) is 0. The maximum atomic E-state index is 5.74. The molecule has 0 aromatic rings. The summed E-state index contributed by atoms with van der Waals surface area (Å²) < 4.78 is 17.2. The molecule has 116 valence electrons. The van der Waals surface area contributed by atoms with Gasteiger partial charge < -0.3 is 12.5 Å². The fraction of sp³-hybridized carbons (Fsp3) is 1.00. The van der Waals surface area contributed by atoms with Crippen molar-refractivity contribution in [2.45, 2.75) is 59.4 Å². The van der Waals surface area contributed by atoms with Gasteiger partial charge in [-0.1, -0.05) is 34.1 Å². The van der Waals surface area contributed by atoms with Crippen LogP contribution in [0.15, 0.2) is 0 Å². The van der Waals surface area contributed by atoms with Crippen LogP contribution < -0.4 is 0 Å². The molecular weight excluding hydrogens is 316 g/mol. The Hall–Kier alpha value is 1.15. The van der Waals surface area contributed by atoms with Crippen LogP contribution in [0.1, 0.15) is 53.4 Å². The highest BCUT2D eigenvalue weighted by molar-refractivity contribution is 8.78. The molecule has 0 aliphatic carbocycles. The van der Waals surface area contributed by atoms with Gasteiger partial charge in [0.25, 0.3) is 0 Å². The summed E-state index contributed by atoms with van der Waals surface area (Å²) in [5, 5.41) is 0. The number of hydrogen-bond acceptors (Lipinski definition) is 6. The molecular formula is C12H28O3S3Si. The Morgan fingerprint density at radius 2 is 1.00 bits per heavy atom. The Balaban J connectivity index is 4.37. The molecule has 3 nitrogen and oxygen atoms in total. The van der Waals surface area contributed by atoms with E-state index in [-0.39, 0.29) is 0 Å². The first-order valence-corrected chi connectivity index (χ1v) is 13.8. The molecule has 0 rings (SSSR count). The van der Waals surface area contributed by atoms with Crippen molar-refractivity contribution in [2.75, 3.05) is 19.8 Å². The molecule has 0 saturated carbocycles. The highest BCUT2D eigenvalue weighted by Gasteiger charge is 2.40. The van der Waals surface area contributed by atoms with Crippen molar-refractivity contribution < 1.29 is 12.5 Å². The second-order valence-electron chi connectivity index (χ2n) is 4.15. The Morgan fingerprint density at radius 1 is 0.632 bits per heavy atom. The fourth-order valence-corrected chi connectivity index (χ4v) is 11.9. The van der Waals surface area contributed by atoms with Crippen LogP contribution in [-0.4, -0.2) is 25.3 Å². The standard InChI is InChI=1S/C12H28O3S3Si/c1-5-9-13-16-19(12-8-4,17-14-10-6-2)18-15-11-7-3/h5-12H2,1-4H3. The summed E-state index contributed by atoms with van der Waals surface area (Å²) in [5.41, 5.74) is -1.82. The Bertz CT molecular complexity index is 173. The van der Waals surface area contributed by atoms with Gasteiger partial charge in [0, 0.05) is 0 Å². The molecule has 0 amide bonds. The zero-order chi connectivity index (χ0) is 14.4. The predicted octanol–water partition coefficient (Wildman–Crippen LogP) is 5.56. The van der Waals surface area contributed by atoms with Crippen molar-refractivity contribution in [3.63, 3.8) is 0 Å². The molecule has 0 aromatic heterocycles. The Kier molecular flexibility index (Phi) is 15.0. The Morgan fingerprint density at radius 3 is 1.26 bits per heavy atom. The molecule has 0 aliphatic rings. The fourth-order valence-electron chi connectivity index (χ4n) is 1.12. The minimum atomic E-state index is -1.82. The minimum absolute atomic E-state index is 0.797. The van der Waals surface area contributed by atoms with E-state index in [4.69, 9.17) is 12.5 Å². The molecule has 0 saturated heterocycles. The van der Waals surface area contributed by atoms with Crippen molar-refractivity contribution in [1.82, 2.24) is 0 Å². The molecule has 0 unspecified atom stereocenters. The van der Waals surface area contributed by atoms with Gasteiger partial charge in [-0.3, -0.25) is 0 Å². The topological polar surface area (TPSA) is 27.7 Å². The zero-order valence-electron chi connectivity index (χ0n) is 12.6. The average Bonchev–Trinajstić information content (AvgIpc) is 2.40. The summed E-state index contributed by atoms with van der Waals surface area (Å²) in [6.07, 6.45) is 4.28. The van der Waals surface area contributed by atoms with Crippen LogP contribution in [0, 0.1) is 0 Å². The zero-order valence-corrected chi connectivity index (χ0v) is 16.1. The van der Waals surface area contributed by atoms with E-state index in [0.29, 0.717) is 0 Å². The van der Waals surface area contributed by atoms with Crippen molar-refractivity contribution in [3.8, 4) is 0 Å². The molecule has 0 fully saturated rings. The number of hydrogen-bond donors (Lipinski definition) is 0. The molecule has 19 heavy (non-hydrogen) atoms. The van der Waals surface area contributed by atoms with Gasteiger partial charge in [-0.05, 0) is 59.8 Å². The van der Waals surface area contributed by atoms with E-state index in [1.165, 1.54) is 0 Å². The minimum Gasteiger partial charge on any atom is -0.320 e. The monoisotopic (exact) mass is 344 g/mol. The third kappa shape index (κ3) is 10.5. The van der Waals surface area contributed by atoms with Gasteiger partial charge in [0.05, 0.1) is 19.8 Å². The van der Waals surface area contributed by atoms with Gasteiger partial charge in [-0.15, -0.1) is 0 Å². The van der Waals surface area contributed by atoms with Crippen LogP contribution in [0.4, 0.5) is 0 Å². The van der Waals surface area contributed by atoms with Crippen molar-refractivity contribution in [2.24, 2.45) is 0 Å². The van der Waals surface area contributed by atoms with Crippen molar-refractivity contribution >= 4 is 40.0 Å². The van der Waals surface area contributed by atoms with Gasteiger partial charge in [0.1, 0.15) is 0 Å². The van der Waals surface area contributed by atoms with E-state index in [1.807, 2.05) is 0 Å². The second-order valence-corrected chi connectivity index (χ2v) is 17.3. The third-order valence-corrected chi connectivity index (χ3v) is 13.6. The third-order valence-electron chi connectivity index (χ3n) is 1.98. The molecule has 0 atom stereocenters. The van der Waals surface area contributed by atoms with Crippen LogP contribution in [0.3, 0.4) is 0 Å².